The monoisotopic (exact) mass is 464 g/mol. The minimum atomic E-state index is -5.08. The van der Waals surface area contributed by atoms with Gasteiger partial charge in [0.1, 0.15) is 5.82 Å². The second-order valence-corrected chi connectivity index (χ2v) is 7.63. The summed E-state index contributed by atoms with van der Waals surface area (Å²) < 4.78 is 44.6. The summed E-state index contributed by atoms with van der Waals surface area (Å²) in [6, 6.07) is 5.99. The second-order valence-electron chi connectivity index (χ2n) is 7.63. The van der Waals surface area contributed by atoms with E-state index in [0.717, 1.165) is 5.56 Å². The summed E-state index contributed by atoms with van der Waals surface area (Å²) in [7, 11) is 0. The Morgan fingerprint density at radius 2 is 1.44 bits per heavy atom. The zero-order valence-corrected chi connectivity index (χ0v) is 16.5. The zero-order chi connectivity index (χ0) is 24.3. The van der Waals surface area contributed by atoms with E-state index in [2.05, 4.69) is 5.32 Å². The maximum absolute atomic E-state index is 12.8. The van der Waals surface area contributed by atoms with Crippen LogP contribution in [0.4, 0.5) is 17.6 Å². The number of carboxylic acid groups (broad SMARTS) is 3. The van der Waals surface area contributed by atoms with E-state index in [1.54, 1.807) is 17.0 Å². The summed E-state index contributed by atoms with van der Waals surface area (Å²) in [4.78, 5) is 45.4. The van der Waals surface area contributed by atoms with Crippen molar-refractivity contribution in [1.82, 2.24) is 10.2 Å². The van der Waals surface area contributed by atoms with Crippen LogP contribution < -0.4 is 5.32 Å². The van der Waals surface area contributed by atoms with E-state index in [9.17, 15) is 42.2 Å². The van der Waals surface area contributed by atoms with Crippen molar-refractivity contribution < 1.29 is 52.1 Å². The lowest BCUT2D eigenvalue weighted by atomic mass is 9.97. The largest absolute Gasteiger partial charge is 0.490 e. The SMILES string of the molecule is O=C(CN1C[C@@]2(C(=O)O)C[C@@]2(C(=O)O)C1)NCCc1ccc(F)cc1.O=C(O)C(F)(F)F. The van der Waals surface area contributed by atoms with Crippen LogP contribution in [0.1, 0.15) is 12.0 Å². The molecule has 1 saturated heterocycles. The molecule has 176 valence electrons. The number of likely N-dealkylation sites (tertiary alicyclic amines) is 1. The molecule has 32 heavy (non-hydrogen) atoms. The van der Waals surface area contributed by atoms with E-state index in [0.29, 0.717) is 13.0 Å². The summed E-state index contributed by atoms with van der Waals surface area (Å²) in [6.07, 6.45) is -4.42. The molecule has 0 radical (unpaired) electrons. The third-order valence-corrected chi connectivity index (χ3v) is 5.46. The van der Waals surface area contributed by atoms with Crippen molar-refractivity contribution in [1.29, 1.82) is 0 Å². The van der Waals surface area contributed by atoms with Crippen LogP contribution in [0.3, 0.4) is 0 Å². The number of hydrogen-bond acceptors (Lipinski definition) is 5. The Labute approximate surface area is 178 Å². The molecule has 2 fully saturated rings. The quantitative estimate of drug-likeness (QED) is 0.437. The van der Waals surface area contributed by atoms with E-state index < -0.39 is 34.9 Å². The summed E-state index contributed by atoms with van der Waals surface area (Å²) in [5.41, 5.74) is -1.65. The number of benzene rings is 1. The number of carboxylic acids is 3. The normalized spacial score (nSPS) is 24.0. The number of nitrogens with zero attached hydrogens (tertiary/aromatic N) is 1. The third-order valence-electron chi connectivity index (χ3n) is 5.46. The van der Waals surface area contributed by atoms with Crippen molar-refractivity contribution in [2.75, 3.05) is 26.2 Å². The lowest BCUT2D eigenvalue weighted by molar-refractivity contribution is -0.192. The Hall–Kier alpha value is -3.22. The van der Waals surface area contributed by atoms with E-state index >= 15 is 0 Å². The summed E-state index contributed by atoms with van der Waals surface area (Å²) in [6.45, 7) is 0.472. The van der Waals surface area contributed by atoms with Gasteiger partial charge in [-0.3, -0.25) is 19.3 Å². The Morgan fingerprint density at radius 1 is 0.969 bits per heavy atom. The van der Waals surface area contributed by atoms with Gasteiger partial charge in [0, 0.05) is 19.6 Å². The molecule has 1 amide bonds. The molecular formula is C19H20F4N2O7. The second kappa shape index (κ2) is 9.10. The molecule has 2 atom stereocenters. The molecule has 4 N–H and O–H groups in total. The molecule has 9 nitrogen and oxygen atoms in total. The first-order valence-electron chi connectivity index (χ1n) is 9.24. The Morgan fingerprint density at radius 3 is 1.84 bits per heavy atom. The molecule has 1 aromatic carbocycles. The molecule has 0 unspecified atom stereocenters. The van der Waals surface area contributed by atoms with Gasteiger partial charge in [0.15, 0.2) is 0 Å². The van der Waals surface area contributed by atoms with Crippen LogP contribution in [0.2, 0.25) is 0 Å². The van der Waals surface area contributed by atoms with Crippen molar-refractivity contribution >= 4 is 23.8 Å². The van der Waals surface area contributed by atoms with Gasteiger partial charge in [-0.25, -0.2) is 9.18 Å². The molecule has 0 spiro atoms. The summed E-state index contributed by atoms with van der Waals surface area (Å²) in [5.74, 6) is -5.60. The minimum Gasteiger partial charge on any atom is -0.481 e. The molecule has 2 aliphatic rings. The Balaban J connectivity index is 0.000000451. The smallest absolute Gasteiger partial charge is 0.481 e. The number of carbonyl (C=O) groups excluding carboxylic acids is 1. The highest BCUT2D eigenvalue weighted by atomic mass is 19.4. The van der Waals surface area contributed by atoms with Crippen molar-refractivity contribution in [2.45, 2.75) is 19.0 Å². The van der Waals surface area contributed by atoms with E-state index in [-0.39, 0.29) is 37.8 Å². The molecule has 3 rings (SSSR count). The van der Waals surface area contributed by atoms with Gasteiger partial charge in [0.05, 0.1) is 17.4 Å². The number of carbonyl (C=O) groups is 4. The van der Waals surface area contributed by atoms with Crippen molar-refractivity contribution in [3.8, 4) is 0 Å². The molecule has 0 aromatic heterocycles. The molecule has 1 aliphatic carbocycles. The summed E-state index contributed by atoms with van der Waals surface area (Å²) >= 11 is 0. The Bertz CT molecular complexity index is 878. The predicted molar refractivity (Wildman–Crippen MR) is 98.0 cm³/mol. The maximum Gasteiger partial charge on any atom is 0.490 e. The fourth-order valence-electron chi connectivity index (χ4n) is 3.77. The highest BCUT2D eigenvalue weighted by Crippen LogP contribution is 2.68. The number of halogens is 4. The molecule has 13 heteroatoms. The number of nitrogens with one attached hydrogen (secondary N) is 1. The topological polar surface area (TPSA) is 144 Å². The highest BCUT2D eigenvalue weighted by molar-refractivity contribution is 5.94. The predicted octanol–water partition coefficient (Wildman–Crippen LogP) is 0.979. The molecular weight excluding hydrogens is 444 g/mol. The number of aliphatic carboxylic acids is 3. The van der Waals surface area contributed by atoms with Crippen molar-refractivity contribution in [3.05, 3.63) is 35.6 Å². The van der Waals surface area contributed by atoms with Crippen LogP contribution in [0.25, 0.3) is 0 Å². The first kappa shape index (κ1) is 25.0. The third kappa shape index (κ3) is 5.33. The van der Waals surface area contributed by atoms with E-state index in [1.807, 2.05) is 0 Å². The standard InChI is InChI=1S/C17H19FN2O5.C2HF3O2/c18-12-3-1-11(2-4-12)5-6-19-13(21)7-20-9-16(14(22)23)8-17(16,10-20)15(24)25;3-2(4,5)1(6)7/h1-4H,5-10H2,(H,19,21)(H,22,23)(H,24,25);(H,6,7)/t16-,17+;. The van der Waals surface area contributed by atoms with Gasteiger partial charge in [-0.2, -0.15) is 13.2 Å². The maximum atomic E-state index is 12.8. The molecule has 0 bridgehead atoms. The van der Waals surface area contributed by atoms with Gasteiger partial charge in [-0.05, 0) is 30.5 Å². The van der Waals surface area contributed by atoms with E-state index in [1.165, 1.54) is 12.1 Å². The highest BCUT2D eigenvalue weighted by Gasteiger charge is 2.80. The molecule has 1 aromatic rings. The first-order valence-corrected chi connectivity index (χ1v) is 9.24. The number of alkyl halides is 3. The number of fused-ring (bicyclic) bond motifs is 1. The number of rotatable bonds is 7. The van der Waals surface area contributed by atoms with Gasteiger partial charge in [-0.15, -0.1) is 0 Å². The molecule has 1 heterocycles. The van der Waals surface area contributed by atoms with Gasteiger partial charge in [0.2, 0.25) is 5.91 Å². The summed E-state index contributed by atoms with van der Waals surface area (Å²) in [5, 5.41) is 28.5. The van der Waals surface area contributed by atoms with Crippen molar-refractivity contribution in [3.63, 3.8) is 0 Å². The fourth-order valence-corrected chi connectivity index (χ4v) is 3.77. The molecule has 1 saturated carbocycles. The first-order chi connectivity index (χ1) is 14.7. The molecule has 1 aliphatic heterocycles. The van der Waals surface area contributed by atoms with Crippen LogP contribution >= 0.6 is 0 Å². The number of amides is 1. The van der Waals surface area contributed by atoms with Crippen LogP contribution in [0.5, 0.6) is 0 Å². The lowest BCUT2D eigenvalue weighted by Gasteiger charge is -2.18. The fraction of sp³-hybridized carbons (Fsp3) is 0.474. The average Bonchev–Trinajstić information content (AvgIpc) is 3.22. The van der Waals surface area contributed by atoms with E-state index in [4.69, 9.17) is 9.90 Å². The van der Waals surface area contributed by atoms with Crippen LogP contribution in [-0.2, 0) is 25.6 Å². The lowest BCUT2D eigenvalue weighted by Crippen LogP contribution is -2.39. The van der Waals surface area contributed by atoms with Crippen molar-refractivity contribution in [2.24, 2.45) is 10.8 Å². The number of piperidine rings is 1. The Kier molecular flexibility index (Phi) is 7.13. The van der Waals surface area contributed by atoms with Gasteiger partial charge in [0.25, 0.3) is 0 Å². The van der Waals surface area contributed by atoms with Gasteiger partial charge < -0.3 is 20.6 Å². The number of hydrogen-bond donors (Lipinski definition) is 4. The van der Waals surface area contributed by atoms with Crippen LogP contribution in [0.15, 0.2) is 24.3 Å². The average molecular weight is 464 g/mol. The van der Waals surface area contributed by atoms with Gasteiger partial charge >= 0.3 is 24.1 Å². The van der Waals surface area contributed by atoms with Crippen LogP contribution in [0, 0.1) is 16.6 Å². The minimum absolute atomic E-state index is 0.0342. The zero-order valence-electron chi connectivity index (χ0n) is 16.5. The van der Waals surface area contributed by atoms with Gasteiger partial charge in [-0.1, -0.05) is 12.1 Å². The van der Waals surface area contributed by atoms with Crippen LogP contribution in [-0.4, -0.2) is 76.4 Å².